The minimum atomic E-state index is -0.276. The summed E-state index contributed by atoms with van der Waals surface area (Å²) in [7, 11) is 0. The van der Waals surface area contributed by atoms with E-state index < -0.39 is 0 Å². The van der Waals surface area contributed by atoms with Crippen LogP contribution in [-0.2, 0) is 0 Å². The third-order valence-electron chi connectivity index (χ3n) is 4.54. The average Bonchev–Trinajstić information content (AvgIpc) is 3.09. The van der Waals surface area contributed by atoms with E-state index in [1.807, 2.05) is 12.1 Å². The molecule has 0 atom stereocenters. The van der Waals surface area contributed by atoms with Gasteiger partial charge >= 0.3 is 0 Å². The standard InChI is InChI=1S/C19H18BrN3O2/c20-18-7-6-17(25-18)19(24)22-15-4-5-16(23-10-2-1-3-11-23)13-8-9-21-12-14(13)15/h4-9,12H,1-3,10-11H2,(H,22,24). The van der Waals surface area contributed by atoms with E-state index >= 15 is 0 Å². The van der Waals surface area contributed by atoms with Crippen molar-refractivity contribution in [1.29, 1.82) is 0 Å². The Kier molecular flexibility index (Phi) is 4.44. The summed E-state index contributed by atoms with van der Waals surface area (Å²) in [5, 5.41) is 4.97. The van der Waals surface area contributed by atoms with Gasteiger partial charge in [0.2, 0.25) is 0 Å². The summed E-state index contributed by atoms with van der Waals surface area (Å²) in [6.45, 7) is 2.15. The first-order valence-corrected chi connectivity index (χ1v) is 9.20. The zero-order valence-corrected chi connectivity index (χ0v) is 15.3. The number of amides is 1. The monoisotopic (exact) mass is 399 g/mol. The fraction of sp³-hybridized carbons (Fsp3) is 0.263. The van der Waals surface area contributed by atoms with Crippen LogP contribution in [0.1, 0.15) is 29.8 Å². The molecule has 0 bridgehead atoms. The number of hydrogen-bond acceptors (Lipinski definition) is 4. The molecule has 3 aromatic rings. The number of nitrogens with one attached hydrogen (secondary N) is 1. The molecule has 1 aliphatic rings. The van der Waals surface area contributed by atoms with Crippen LogP contribution in [0.3, 0.4) is 0 Å². The van der Waals surface area contributed by atoms with Gasteiger partial charge in [-0.05, 0) is 65.5 Å². The number of aromatic nitrogens is 1. The van der Waals surface area contributed by atoms with Crippen LogP contribution in [0.15, 0.2) is 51.8 Å². The molecule has 1 fully saturated rings. The summed E-state index contributed by atoms with van der Waals surface area (Å²) in [6, 6.07) is 9.39. The molecule has 4 rings (SSSR count). The molecule has 0 aliphatic carbocycles. The van der Waals surface area contributed by atoms with Gasteiger partial charge in [-0.2, -0.15) is 0 Å². The molecule has 0 saturated carbocycles. The second kappa shape index (κ2) is 6.88. The van der Waals surface area contributed by atoms with E-state index in [9.17, 15) is 4.79 Å². The Bertz CT molecular complexity index is 916. The number of anilines is 2. The van der Waals surface area contributed by atoms with Gasteiger partial charge in [0.05, 0.1) is 5.69 Å². The number of carbonyl (C=O) groups excluding carboxylic acids is 1. The van der Waals surface area contributed by atoms with Crippen molar-refractivity contribution >= 4 is 44.0 Å². The molecule has 1 N–H and O–H groups in total. The van der Waals surface area contributed by atoms with Crippen molar-refractivity contribution in [3.63, 3.8) is 0 Å². The Morgan fingerprint density at radius 1 is 1.08 bits per heavy atom. The number of piperidine rings is 1. The number of fused-ring (bicyclic) bond motifs is 1. The smallest absolute Gasteiger partial charge is 0.291 e. The summed E-state index contributed by atoms with van der Waals surface area (Å²) in [4.78, 5) is 19.1. The quantitative estimate of drug-likeness (QED) is 0.684. The van der Waals surface area contributed by atoms with Gasteiger partial charge in [0.1, 0.15) is 0 Å². The predicted octanol–water partition coefficient (Wildman–Crippen LogP) is 4.83. The van der Waals surface area contributed by atoms with Gasteiger partial charge in [-0.25, -0.2) is 0 Å². The van der Waals surface area contributed by atoms with Crippen molar-refractivity contribution in [1.82, 2.24) is 4.98 Å². The lowest BCUT2D eigenvalue weighted by atomic mass is 10.1. The molecule has 5 nitrogen and oxygen atoms in total. The topological polar surface area (TPSA) is 58.4 Å². The van der Waals surface area contributed by atoms with Gasteiger partial charge in [0.15, 0.2) is 10.4 Å². The molecule has 1 amide bonds. The molecule has 1 aliphatic heterocycles. The lowest BCUT2D eigenvalue weighted by molar-refractivity contribution is 0.0995. The zero-order chi connectivity index (χ0) is 17.2. The van der Waals surface area contributed by atoms with E-state index in [-0.39, 0.29) is 11.7 Å². The van der Waals surface area contributed by atoms with Crippen LogP contribution in [0.5, 0.6) is 0 Å². The summed E-state index contributed by atoms with van der Waals surface area (Å²) < 4.78 is 5.86. The third kappa shape index (κ3) is 3.26. The molecule has 6 heteroatoms. The third-order valence-corrected chi connectivity index (χ3v) is 4.96. The highest BCUT2D eigenvalue weighted by atomic mass is 79.9. The number of benzene rings is 1. The number of halogens is 1. The molecular weight excluding hydrogens is 382 g/mol. The first-order chi connectivity index (χ1) is 12.2. The van der Waals surface area contributed by atoms with E-state index in [0.29, 0.717) is 4.67 Å². The van der Waals surface area contributed by atoms with Crippen LogP contribution in [0, 0.1) is 0 Å². The lowest BCUT2D eigenvalue weighted by Gasteiger charge is -2.30. The van der Waals surface area contributed by atoms with Crippen molar-refractivity contribution < 1.29 is 9.21 Å². The highest BCUT2D eigenvalue weighted by Crippen LogP contribution is 2.33. The summed E-state index contributed by atoms with van der Waals surface area (Å²) >= 11 is 3.22. The number of hydrogen-bond donors (Lipinski definition) is 1. The maximum atomic E-state index is 12.4. The maximum absolute atomic E-state index is 12.4. The number of pyridine rings is 1. The largest absolute Gasteiger partial charge is 0.444 e. The van der Waals surface area contributed by atoms with E-state index in [1.165, 1.54) is 24.9 Å². The minimum Gasteiger partial charge on any atom is -0.444 e. The Morgan fingerprint density at radius 3 is 2.68 bits per heavy atom. The second-order valence-electron chi connectivity index (χ2n) is 6.16. The van der Waals surface area contributed by atoms with Gasteiger partial charge in [0, 0.05) is 41.9 Å². The van der Waals surface area contributed by atoms with Gasteiger partial charge in [-0.1, -0.05) is 0 Å². The van der Waals surface area contributed by atoms with E-state index in [4.69, 9.17) is 4.42 Å². The molecule has 1 saturated heterocycles. The van der Waals surface area contributed by atoms with Crippen LogP contribution in [0.25, 0.3) is 10.8 Å². The summed E-state index contributed by atoms with van der Waals surface area (Å²) in [6.07, 6.45) is 7.33. The van der Waals surface area contributed by atoms with Crippen molar-refractivity contribution in [3.05, 3.63) is 53.2 Å². The second-order valence-corrected chi connectivity index (χ2v) is 6.94. The van der Waals surface area contributed by atoms with Crippen LogP contribution in [0.2, 0.25) is 0 Å². The molecular formula is C19H18BrN3O2. The van der Waals surface area contributed by atoms with Crippen molar-refractivity contribution in [2.75, 3.05) is 23.3 Å². The van der Waals surface area contributed by atoms with Crippen molar-refractivity contribution in [3.8, 4) is 0 Å². The SMILES string of the molecule is O=C(Nc1ccc(N2CCCCC2)c2ccncc12)c1ccc(Br)o1. The van der Waals surface area contributed by atoms with E-state index in [2.05, 4.69) is 37.2 Å². The predicted molar refractivity (Wildman–Crippen MR) is 102 cm³/mol. The molecule has 0 radical (unpaired) electrons. The number of carbonyl (C=O) groups is 1. The van der Waals surface area contributed by atoms with E-state index in [0.717, 1.165) is 29.5 Å². The van der Waals surface area contributed by atoms with Gasteiger partial charge < -0.3 is 14.6 Å². The molecule has 0 spiro atoms. The van der Waals surface area contributed by atoms with Crippen LogP contribution >= 0.6 is 15.9 Å². The lowest BCUT2D eigenvalue weighted by Crippen LogP contribution is -2.29. The Balaban J connectivity index is 1.69. The summed E-state index contributed by atoms with van der Waals surface area (Å²) in [5.41, 5.74) is 1.94. The first kappa shape index (κ1) is 16.1. The average molecular weight is 400 g/mol. The normalized spacial score (nSPS) is 14.7. The zero-order valence-electron chi connectivity index (χ0n) is 13.7. The number of nitrogens with zero attached hydrogens (tertiary/aromatic N) is 2. The first-order valence-electron chi connectivity index (χ1n) is 8.41. The molecule has 25 heavy (non-hydrogen) atoms. The highest BCUT2D eigenvalue weighted by molar-refractivity contribution is 9.10. The molecule has 3 heterocycles. The Morgan fingerprint density at radius 2 is 1.92 bits per heavy atom. The molecule has 128 valence electrons. The van der Waals surface area contributed by atoms with Gasteiger partial charge in [-0.15, -0.1) is 0 Å². The molecule has 2 aromatic heterocycles. The molecule has 1 aromatic carbocycles. The Labute approximate surface area is 154 Å². The maximum Gasteiger partial charge on any atom is 0.291 e. The highest BCUT2D eigenvalue weighted by Gasteiger charge is 2.17. The van der Waals surface area contributed by atoms with Crippen molar-refractivity contribution in [2.45, 2.75) is 19.3 Å². The molecule has 0 unspecified atom stereocenters. The summed E-state index contributed by atoms with van der Waals surface area (Å²) in [5.74, 6) is -0.00871. The van der Waals surface area contributed by atoms with Crippen LogP contribution in [0.4, 0.5) is 11.4 Å². The number of rotatable bonds is 3. The van der Waals surface area contributed by atoms with Crippen molar-refractivity contribution in [2.24, 2.45) is 0 Å². The Hall–Kier alpha value is -2.34. The minimum absolute atomic E-state index is 0.268. The van der Waals surface area contributed by atoms with Gasteiger partial charge in [0.25, 0.3) is 5.91 Å². The van der Waals surface area contributed by atoms with Gasteiger partial charge in [-0.3, -0.25) is 9.78 Å². The van der Waals surface area contributed by atoms with Crippen LogP contribution in [-0.4, -0.2) is 24.0 Å². The van der Waals surface area contributed by atoms with E-state index in [1.54, 1.807) is 24.5 Å². The van der Waals surface area contributed by atoms with Crippen LogP contribution < -0.4 is 10.2 Å². The fourth-order valence-electron chi connectivity index (χ4n) is 3.31. The number of furan rings is 1. The fourth-order valence-corrected chi connectivity index (χ4v) is 3.62.